The van der Waals surface area contributed by atoms with Gasteiger partial charge in [-0.1, -0.05) is 71.1 Å². The molecule has 0 saturated heterocycles. The maximum Gasteiger partial charge on any atom is 0.123 e. The normalized spacial score (nSPS) is 10.3. The predicted octanol–water partition coefficient (Wildman–Crippen LogP) is 4.56. The lowest BCUT2D eigenvalue weighted by atomic mass is 9.86. The summed E-state index contributed by atoms with van der Waals surface area (Å²) >= 11 is 0. The van der Waals surface area contributed by atoms with Gasteiger partial charge in [0.15, 0.2) is 0 Å². The first-order valence-electron chi connectivity index (χ1n) is 7.74. The molecule has 1 rings (SSSR count). The number of benzene rings is 1. The predicted molar refractivity (Wildman–Crippen MR) is 90.7 cm³/mol. The summed E-state index contributed by atoms with van der Waals surface area (Å²) in [5, 5.41) is 7.64. The number of rotatable bonds is 6. The van der Waals surface area contributed by atoms with E-state index in [9.17, 15) is 0 Å². The van der Waals surface area contributed by atoms with Crippen LogP contribution in [0.5, 0.6) is 5.75 Å². The molecule has 0 aliphatic heterocycles. The van der Waals surface area contributed by atoms with Crippen molar-refractivity contribution in [2.75, 3.05) is 13.2 Å². The zero-order valence-electron chi connectivity index (χ0n) is 14.0. The van der Waals surface area contributed by atoms with Crippen LogP contribution in [0.25, 0.3) is 0 Å². The van der Waals surface area contributed by atoms with E-state index in [-0.39, 0.29) is 12.0 Å². The van der Waals surface area contributed by atoms with E-state index < -0.39 is 0 Å². The van der Waals surface area contributed by atoms with E-state index in [0.29, 0.717) is 0 Å². The highest BCUT2D eigenvalue weighted by Crippen LogP contribution is 2.30. The summed E-state index contributed by atoms with van der Waals surface area (Å²) in [5.74, 6) is 3.04. The number of terminal acetylenes is 1. The Morgan fingerprint density at radius 1 is 1.14 bits per heavy atom. The van der Waals surface area contributed by atoms with E-state index in [4.69, 9.17) is 9.84 Å². The van der Waals surface area contributed by atoms with Crippen LogP contribution >= 0.6 is 0 Å². The summed E-state index contributed by atoms with van der Waals surface area (Å²) in [5.41, 5.74) is 1.45. The monoisotopic (exact) mass is 290 g/mol. The fourth-order valence-corrected chi connectivity index (χ4v) is 1.92. The zero-order valence-corrected chi connectivity index (χ0v) is 14.0. The average molecular weight is 290 g/mol. The second kappa shape index (κ2) is 11.2. The average Bonchev–Trinajstić information content (AvgIpc) is 2.47. The summed E-state index contributed by atoms with van der Waals surface area (Å²) in [4.78, 5) is 0. The third kappa shape index (κ3) is 9.15. The summed E-state index contributed by atoms with van der Waals surface area (Å²) in [7, 11) is 0. The molecule has 0 radical (unpaired) electrons. The number of unbranched alkanes of at least 4 members (excludes halogenated alkanes) is 3. The van der Waals surface area contributed by atoms with Crippen LogP contribution in [0, 0.1) is 12.3 Å². The molecular weight excluding hydrogens is 260 g/mol. The number of ether oxygens (including phenoxy) is 1. The molecule has 1 N–H and O–H groups in total. The Morgan fingerprint density at radius 3 is 2.29 bits per heavy atom. The van der Waals surface area contributed by atoms with Gasteiger partial charge in [-0.3, -0.25) is 0 Å². The molecule has 0 fully saturated rings. The minimum absolute atomic E-state index is 0.153. The van der Waals surface area contributed by atoms with Crippen molar-refractivity contribution < 1.29 is 9.84 Å². The summed E-state index contributed by atoms with van der Waals surface area (Å²) in [6.45, 7) is 9.60. The Labute approximate surface area is 130 Å². The molecule has 0 heterocycles. The number of hydrogen-bond donors (Lipinski definition) is 1. The Morgan fingerprint density at radius 2 is 1.76 bits per heavy atom. The second-order valence-corrected chi connectivity index (χ2v) is 6.02. The van der Waals surface area contributed by atoms with Crippen LogP contribution in [0.3, 0.4) is 0 Å². The van der Waals surface area contributed by atoms with Crippen LogP contribution in [-0.4, -0.2) is 18.3 Å². The first-order chi connectivity index (χ1) is 9.97. The largest absolute Gasteiger partial charge is 0.493 e. The van der Waals surface area contributed by atoms with Crippen LogP contribution in [0.15, 0.2) is 24.3 Å². The molecule has 0 saturated carbocycles. The fourth-order valence-electron chi connectivity index (χ4n) is 1.92. The van der Waals surface area contributed by atoms with Crippen molar-refractivity contribution in [3.63, 3.8) is 0 Å². The number of para-hydroxylation sites is 1. The van der Waals surface area contributed by atoms with E-state index >= 15 is 0 Å². The van der Waals surface area contributed by atoms with Crippen molar-refractivity contribution in [3.05, 3.63) is 29.8 Å². The Bertz CT molecular complexity index is 410. The van der Waals surface area contributed by atoms with Crippen LogP contribution < -0.4 is 4.74 Å². The van der Waals surface area contributed by atoms with E-state index in [0.717, 1.165) is 18.8 Å². The molecule has 1 aromatic rings. The molecule has 0 atom stereocenters. The molecule has 0 aliphatic carbocycles. The highest BCUT2D eigenvalue weighted by molar-refractivity contribution is 5.38. The minimum atomic E-state index is -0.153. The van der Waals surface area contributed by atoms with E-state index in [2.05, 4.69) is 58.4 Å². The SMILES string of the molecule is C#CCO.CCCCCCOc1ccccc1C(C)(C)C. The first kappa shape index (κ1) is 19.5. The molecule has 0 aliphatic rings. The third-order valence-electron chi connectivity index (χ3n) is 3.04. The van der Waals surface area contributed by atoms with Crippen molar-refractivity contribution in [2.45, 2.75) is 58.8 Å². The lowest BCUT2D eigenvalue weighted by Gasteiger charge is -2.22. The smallest absolute Gasteiger partial charge is 0.123 e. The maximum atomic E-state index is 7.64. The van der Waals surface area contributed by atoms with E-state index in [1.54, 1.807) is 0 Å². The minimum Gasteiger partial charge on any atom is -0.493 e. The van der Waals surface area contributed by atoms with Crippen LogP contribution in [0.1, 0.15) is 58.9 Å². The van der Waals surface area contributed by atoms with Gasteiger partial charge < -0.3 is 9.84 Å². The number of aliphatic hydroxyl groups excluding tert-OH is 1. The first-order valence-corrected chi connectivity index (χ1v) is 7.74. The molecule has 0 aromatic heterocycles. The quantitative estimate of drug-likeness (QED) is 0.615. The molecule has 118 valence electrons. The summed E-state index contributed by atoms with van der Waals surface area (Å²) in [6.07, 6.45) is 9.54. The second-order valence-electron chi connectivity index (χ2n) is 6.02. The van der Waals surface area contributed by atoms with Crippen molar-refractivity contribution in [1.82, 2.24) is 0 Å². The van der Waals surface area contributed by atoms with Gasteiger partial charge in [0.05, 0.1) is 6.61 Å². The van der Waals surface area contributed by atoms with Gasteiger partial charge in [-0.25, -0.2) is 0 Å². The maximum absolute atomic E-state index is 7.64. The fraction of sp³-hybridized carbons (Fsp3) is 0.579. The molecule has 1 aromatic carbocycles. The molecule has 0 amide bonds. The van der Waals surface area contributed by atoms with Gasteiger partial charge in [0.1, 0.15) is 12.4 Å². The Hall–Kier alpha value is -1.46. The Kier molecular flexibility index (Phi) is 10.4. The van der Waals surface area contributed by atoms with Crippen LogP contribution in [0.4, 0.5) is 0 Å². The topological polar surface area (TPSA) is 29.5 Å². The Balaban J connectivity index is 0.000000885. The number of hydrogen-bond acceptors (Lipinski definition) is 2. The van der Waals surface area contributed by atoms with Gasteiger partial charge >= 0.3 is 0 Å². The van der Waals surface area contributed by atoms with Gasteiger partial charge in [0.2, 0.25) is 0 Å². The lowest BCUT2D eigenvalue weighted by Crippen LogP contribution is -2.13. The van der Waals surface area contributed by atoms with Gasteiger partial charge in [0, 0.05) is 0 Å². The standard InChI is InChI=1S/C16H26O.C3H4O/c1-5-6-7-10-13-17-15-12-9-8-11-14(15)16(2,3)4;1-2-3-4/h8-9,11-12H,5-7,10,13H2,1-4H3;1,4H,3H2. The molecular formula is C19H30O2. The molecule has 21 heavy (non-hydrogen) atoms. The molecule has 2 nitrogen and oxygen atoms in total. The molecule has 0 unspecified atom stereocenters. The van der Waals surface area contributed by atoms with Crippen LogP contribution in [-0.2, 0) is 5.41 Å². The van der Waals surface area contributed by atoms with E-state index in [1.807, 2.05) is 5.92 Å². The van der Waals surface area contributed by atoms with Crippen LogP contribution in [0.2, 0.25) is 0 Å². The molecule has 0 bridgehead atoms. The molecule has 2 heteroatoms. The van der Waals surface area contributed by atoms with Crippen molar-refractivity contribution in [1.29, 1.82) is 0 Å². The zero-order chi connectivity index (χ0) is 16.1. The van der Waals surface area contributed by atoms with Gasteiger partial charge in [-0.15, -0.1) is 6.42 Å². The van der Waals surface area contributed by atoms with Gasteiger partial charge in [-0.2, -0.15) is 0 Å². The summed E-state index contributed by atoms with van der Waals surface area (Å²) < 4.78 is 5.91. The van der Waals surface area contributed by atoms with Crippen molar-refractivity contribution >= 4 is 0 Å². The van der Waals surface area contributed by atoms with Crippen molar-refractivity contribution in [2.24, 2.45) is 0 Å². The van der Waals surface area contributed by atoms with Gasteiger partial charge in [-0.05, 0) is 23.5 Å². The van der Waals surface area contributed by atoms with E-state index in [1.165, 1.54) is 24.8 Å². The third-order valence-corrected chi connectivity index (χ3v) is 3.04. The lowest BCUT2D eigenvalue weighted by molar-refractivity contribution is 0.297. The van der Waals surface area contributed by atoms with Gasteiger partial charge in [0.25, 0.3) is 0 Å². The van der Waals surface area contributed by atoms with Crippen molar-refractivity contribution in [3.8, 4) is 18.1 Å². The molecule has 0 spiro atoms. The highest BCUT2D eigenvalue weighted by atomic mass is 16.5. The summed E-state index contributed by atoms with van der Waals surface area (Å²) in [6, 6.07) is 8.39. The highest BCUT2D eigenvalue weighted by Gasteiger charge is 2.17. The number of aliphatic hydroxyl groups is 1.